The van der Waals surface area contributed by atoms with Crippen LogP contribution < -0.4 is 0 Å². The molecule has 1 atom stereocenters. The fourth-order valence-electron chi connectivity index (χ4n) is 4.65. The van der Waals surface area contributed by atoms with E-state index in [0.29, 0.717) is 18.7 Å². The molecule has 3 aromatic rings. The molecule has 2 heterocycles. The zero-order valence-corrected chi connectivity index (χ0v) is 20.4. The molecule has 0 saturated heterocycles. The Morgan fingerprint density at radius 1 is 1.06 bits per heavy atom. The van der Waals surface area contributed by atoms with Crippen LogP contribution in [0.25, 0.3) is 11.1 Å². The number of hydrogen-bond donors (Lipinski definition) is 1. The van der Waals surface area contributed by atoms with Crippen LogP contribution in [-0.2, 0) is 22.6 Å². The van der Waals surface area contributed by atoms with Crippen molar-refractivity contribution in [2.75, 3.05) is 0 Å². The number of hydrogen-bond acceptors (Lipinski definition) is 5. The number of aryl methyl sites for hydroxylation is 1. The second kappa shape index (κ2) is 8.72. The van der Waals surface area contributed by atoms with Crippen LogP contribution in [0.1, 0.15) is 70.7 Å². The number of carboxylic acid groups (broad SMARTS) is 1. The first-order chi connectivity index (χ1) is 16.0. The van der Waals surface area contributed by atoms with Crippen molar-refractivity contribution in [1.29, 1.82) is 0 Å². The third-order valence-corrected chi connectivity index (χ3v) is 6.25. The average Bonchev–Trinajstić information content (AvgIpc) is 3.45. The highest BCUT2D eigenvalue weighted by Crippen LogP contribution is 2.43. The molecule has 0 fully saturated rings. The van der Waals surface area contributed by atoms with Crippen molar-refractivity contribution in [2.45, 2.75) is 66.3 Å². The third kappa shape index (κ3) is 4.35. The highest BCUT2D eigenvalue weighted by molar-refractivity contribution is 5.93. The van der Waals surface area contributed by atoms with E-state index in [9.17, 15) is 14.7 Å². The van der Waals surface area contributed by atoms with E-state index in [1.54, 1.807) is 4.90 Å². The summed E-state index contributed by atoms with van der Waals surface area (Å²) in [7, 11) is 0. The van der Waals surface area contributed by atoms with Crippen molar-refractivity contribution in [2.24, 2.45) is 0 Å². The molecule has 2 aromatic carbocycles. The van der Waals surface area contributed by atoms with Crippen molar-refractivity contribution in [3.8, 4) is 11.1 Å². The molecule has 0 saturated carbocycles. The number of ether oxygens (including phenoxy) is 1. The maximum Gasteiger partial charge on any atom is 0.337 e. The van der Waals surface area contributed by atoms with Crippen molar-refractivity contribution < 1.29 is 23.8 Å². The van der Waals surface area contributed by atoms with Gasteiger partial charge in [-0.2, -0.15) is 0 Å². The number of amides is 1. The van der Waals surface area contributed by atoms with Gasteiger partial charge in [0.15, 0.2) is 18.2 Å². The van der Waals surface area contributed by atoms with E-state index in [0.717, 1.165) is 38.9 Å². The Labute approximate surface area is 199 Å². The molecule has 1 amide bonds. The summed E-state index contributed by atoms with van der Waals surface area (Å²) in [5.41, 5.74) is 6.91. The van der Waals surface area contributed by atoms with Crippen molar-refractivity contribution in [3.63, 3.8) is 0 Å². The lowest BCUT2D eigenvalue weighted by molar-refractivity contribution is -0.160. The lowest BCUT2D eigenvalue weighted by Gasteiger charge is -2.29. The molecular formula is C27H30N2O5. The van der Waals surface area contributed by atoms with E-state index in [2.05, 4.69) is 4.98 Å². The van der Waals surface area contributed by atoms with Crippen LogP contribution in [0.4, 0.5) is 0 Å². The van der Waals surface area contributed by atoms with Gasteiger partial charge in [0.05, 0.1) is 5.60 Å². The van der Waals surface area contributed by atoms with E-state index in [1.165, 1.54) is 12.7 Å². The van der Waals surface area contributed by atoms with E-state index in [-0.39, 0.29) is 11.6 Å². The zero-order chi connectivity index (χ0) is 24.8. The van der Waals surface area contributed by atoms with Crippen molar-refractivity contribution >= 4 is 11.9 Å². The lowest BCUT2D eigenvalue weighted by Crippen LogP contribution is -2.28. The summed E-state index contributed by atoms with van der Waals surface area (Å²) in [6.45, 7) is 12.3. The molecule has 0 spiro atoms. The molecule has 0 unspecified atom stereocenters. The van der Waals surface area contributed by atoms with Gasteiger partial charge in [-0.05, 0) is 74.9 Å². The molecule has 1 N–H and O–H groups in total. The summed E-state index contributed by atoms with van der Waals surface area (Å²) in [5.74, 6) is -1.26. The highest BCUT2D eigenvalue weighted by atomic mass is 16.5. The molecule has 1 aliphatic heterocycles. The van der Waals surface area contributed by atoms with Gasteiger partial charge in [0.2, 0.25) is 0 Å². The normalized spacial score (nSPS) is 14.2. The Kier molecular flexibility index (Phi) is 6.08. The number of aliphatic carboxylic acids is 1. The third-order valence-electron chi connectivity index (χ3n) is 6.25. The lowest BCUT2D eigenvalue weighted by atomic mass is 9.83. The Hall–Kier alpha value is -3.45. The summed E-state index contributed by atoms with van der Waals surface area (Å²) in [4.78, 5) is 31.2. The maximum atomic E-state index is 13.0. The van der Waals surface area contributed by atoms with Crippen LogP contribution in [0.2, 0.25) is 0 Å². The summed E-state index contributed by atoms with van der Waals surface area (Å²) < 4.78 is 11.1. The molecule has 0 bridgehead atoms. The minimum Gasteiger partial charge on any atom is -0.479 e. The molecule has 178 valence electrons. The number of nitrogens with zero attached hydrogens (tertiary/aromatic N) is 2. The minimum absolute atomic E-state index is 0.220. The topological polar surface area (TPSA) is 92.9 Å². The molecular weight excluding hydrogens is 432 g/mol. The van der Waals surface area contributed by atoms with Crippen LogP contribution in [-0.4, -0.2) is 32.5 Å². The first-order valence-corrected chi connectivity index (χ1v) is 11.3. The summed E-state index contributed by atoms with van der Waals surface area (Å²) >= 11 is 0. The molecule has 7 heteroatoms. The predicted octanol–water partition coefficient (Wildman–Crippen LogP) is 5.36. The highest BCUT2D eigenvalue weighted by Gasteiger charge is 2.36. The van der Waals surface area contributed by atoms with Crippen LogP contribution in [0, 0.1) is 20.8 Å². The van der Waals surface area contributed by atoms with Gasteiger partial charge in [0, 0.05) is 18.7 Å². The maximum absolute atomic E-state index is 13.0. The number of oxazole rings is 1. The number of carboxylic acids is 1. The number of aromatic nitrogens is 1. The molecule has 0 aliphatic carbocycles. The van der Waals surface area contributed by atoms with Gasteiger partial charge < -0.3 is 19.2 Å². The van der Waals surface area contributed by atoms with Crippen LogP contribution in [0.15, 0.2) is 41.3 Å². The van der Waals surface area contributed by atoms with Gasteiger partial charge in [0.25, 0.3) is 5.91 Å². The Morgan fingerprint density at radius 3 is 2.21 bits per heavy atom. The molecule has 7 nitrogen and oxygen atoms in total. The Morgan fingerprint density at radius 2 is 1.68 bits per heavy atom. The fourth-order valence-corrected chi connectivity index (χ4v) is 4.65. The zero-order valence-electron chi connectivity index (χ0n) is 20.4. The Balaban J connectivity index is 1.91. The number of benzene rings is 2. The van der Waals surface area contributed by atoms with Crippen LogP contribution in [0.3, 0.4) is 0 Å². The van der Waals surface area contributed by atoms with Gasteiger partial charge in [-0.3, -0.25) is 4.79 Å². The minimum atomic E-state index is -1.15. The first-order valence-electron chi connectivity index (χ1n) is 11.3. The van der Waals surface area contributed by atoms with E-state index in [4.69, 9.17) is 9.15 Å². The second-order valence-corrected chi connectivity index (χ2v) is 9.85. The van der Waals surface area contributed by atoms with Crippen molar-refractivity contribution in [3.05, 3.63) is 76.0 Å². The van der Waals surface area contributed by atoms with Gasteiger partial charge in [0.1, 0.15) is 6.26 Å². The van der Waals surface area contributed by atoms with Crippen LogP contribution >= 0.6 is 0 Å². The predicted molar refractivity (Wildman–Crippen MR) is 127 cm³/mol. The monoisotopic (exact) mass is 462 g/mol. The van der Waals surface area contributed by atoms with E-state index in [1.807, 2.05) is 65.8 Å². The summed E-state index contributed by atoms with van der Waals surface area (Å²) in [6.07, 6.45) is 1.42. The number of fused-ring (bicyclic) bond motifs is 1. The fraction of sp³-hybridized carbons (Fsp3) is 0.370. The quantitative estimate of drug-likeness (QED) is 0.548. The molecule has 0 radical (unpaired) electrons. The average molecular weight is 463 g/mol. The summed E-state index contributed by atoms with van der Waals surface area (Å²) in [6, 6.07) is 8.05. The van der Waals surface area contributed by atoms with Gasteiger partial charge in [-0.15, -0.1) is 0 Å². The number of carbonyl (C=O) groups excluding carboxylic acids is 1. The second-order valence-electron chi connectivity index (χ2n) is 9.85. The first kappa shape index (κ1) is 23.7. The molecule has 1 aromatic heterocycles. The van der Waals surface area contributed by atoms with E-state index >= 15 is 0 Å². The standard InChI is InChI=1S/C27H30N2O5/c1-15-7-9-18(10-8-15)22-16(2)19-11-29(25(30)21-13-33-14-28-21)12-20(19)17(3)23(22)24(26(31)32)34-27(4,5)6/h7-10,13-14,24H,11-12H2,1-6H3,(H,31,32)/t24-/m0/s1. The molecule has 34 heavy (non-hydrogen) atoms. The smallest absolute Gasteiger partial charge is 0.337 e. The SMILES string of the molecule is Cc1ccc(-c2c(C)c3c(c(C)c2[C@H](OC(C)(C)C)C(=O)O)CN(C(=O)c2cocn2)C3)cc1. The Bertz CT molecular complexity index is 1240. The van der Waals surface area contributed by atoms with Gasteiger partial charge >= 0.3 is 5.97 Å². The molecule has 1 aliphatic rings. The van der Waals surface area contributed by atoms with Crippen molar-refractivity contribution in [1.82, 2.24) is 9.88 Å². The number of rotatable bonds is 5. The van der Waals surface area contributed by atoms with Crippen LogP contribution in [0.5, 0.6) is 0 Å². The van der Waals surface area contributed by atoms with E-state index < -0.39 is 17.7 Å². The van der Waals surface area contributed by atoms with Gasteiger partial charge in [-0.25, -0.2) is 9.78 Å². The number of carbonyl (C=O) groups is 2. The largest absolute Gasteiger partial charge is 0.479 e. The summed E-state index contributed by atoms with van der Waals surface area (Å²) in [5, 5.41) is 10.2. The molecule has 4 rings (SSSR count). The van der Waals surface area contributed by atoms with Gasteiger partial charge in [-0.1, -0.05) is 29.8 Å².